The van der Waals surface area contributed by atoms with Crippen LogP contribution in [-0.4, -0.2) is 73.3 Å². The molecule has 186 valence electrons. The van der Waals surface area contributed by atoms with Gasteiger partial charge in [0.2, 0.25) is 11.8 Å². The molecule has 0 heterocycles. The van der Waals surface area contributed by atoms with Gasteiger partial charge in [-0.2, -0.15) is 0 Å². The van der Waals surface area contributed by atoms with Gasteiger partial charge in [0.1, 0.15) is 12.9 Å². The van der Waals surface area contributed by atoms with E-state index in [4.69, 9.17) is 9.47 Å². The highest BCUT2D eigenvalue weighted by molar-refractivity contribution is 5.81. The Kier molecular flexibility index (Phi) is 13.6. The number of ketones is 1. The van der Waals surface area contributed by atoms with Crippen LogP contribution >= 0.6 is 0 Å². The molecule has 8 heteroatoms. The van der Waals surface area contributed by atoms with Gasteiger partial charge in [0, 0.05) is 44.8 Å². The first-order valence-corrected chi connectivity index (χ1v) is 11.5. The molecule has 8 nitrogen and oxygen atoms in total. The van der Waals surface area contributed by atoms with E-state index in [9.17, 15) is 19.2 Å². The summed E-state index contributed by atoms with van der Waals surface area (Å²) in [5.74, 6) is -0.550. The van der Waals surface area contributed by atoms with Gasteiger partial charge in [-0.3, -0.25) is 14.4 Å². The normalized spacial score (nSPS) is 13.0. The van der Waals surface area contributed by atoms with Gasteiger partial charge in [-0.15, -0.1) is 0 Å². The fourth-order valence-corrected chi connectivity index (χ4v) is 2.62. The number of ether oxygens (including phenoxy) is 2. The fraction of sp³-hybridized carbons (Fsp3) is 0.833. The number of aldehydes is 1. The summed E-state index contributed by atoms with van der Waals surface area (Å²) in [6, 6.07) is 0. The smallest absolute Gasteiger partial charge is 0.223 e. The summed E-state index contributed by atoms with van der Waals surface area (Å²) in [4.78, 5) is 47.9. The van der Waals surface area contributed by atoms with Crippen LogP contribution in [0.1, 0.15) is 74.1 Å². The molecule has 0 aliphatic carbocycles. The summed E-state index contributed by atoms with van der Waals surface area (Å²) < 4.78 is 11.7. The lowest BCUT2D eigenvalue weighted by Gasteiger charge is -2.30. The van der Waals surface area contributed by atoms with E-state index in [-0.39, 0.29) is 48.9 Å². The first-order chi connectivity index (χ1) is 14.7. The van der Waals surface area contributed by atoms with E-state index in [1.165, 1.54) is 4.90 Å². The van der Waals surface area contributed by atoms with Crippen molar-refractivity contribution in [3.63, 3.8) is 0 Å². The fourth-order valence-electron chi connectivity index (χ4n) is 2.62. The molecule has 0 aromatic carbocycles. The molecule has 1 unspecified atom stereocenters. The number of carbonyl (C=O) groups is 4. The maximum Gasteiger partial charge on any atom is 0.223 e. The minimum Gasteiger partial charge on any atom is -0.375 e. The first kappa shape index (κ1) is 30.2. The molecule has 0 spiro atoms. The second-order valence-corrected chi connectivity index (χ2v) is 10.0. The standard InChI is InChI=1S/C24H44N2O6/c1-18(2)20(28)17-32-24(6,7)11-14-31-23(4,5)10-12-25-21(29)9-13-26(8)22(30)15-19(3)16-27/h16,18-19H,9-15,17H2,1-8H3,(H,25,29). The Morgan fingerprint density at radius 2 is 1.59 bits per heavy atom. The lowest BCUT2D eigenvalue weighted by Crippen LogP contribution is -2.36. The molecule has 32 heavy (non-hydrogen) atoms. The van der Waals surface area contributed by atoms with Crippen LogP contribution in [0.15, 0.2) is 0 Å². The Labute approximate surface area is 193 Å². The predicted octanol–water partition coefficient (Wildman–Crippen LogP) is 2.77. The third kappa shape index (κ3) is 14.3. The molecule has 0 fully saturated rings. The summed E-state index contributed by atoms with van der Waals surface area (Å²) in [5, 5.41) is 2.86. The van der Waals surface area contributed by atoms with Crippen molar-refractivity contribution < 1.29 is 28.7 Å². The molecule has 1 N–H and O–H groups in total. The quantitative estimate of drug-likeness (QED) is 0.338. The minimum atomic E-state index is -0.457. The minimum absolute atomic E-state index is 0.0387. The molecule has 1 atom stereocenters. The van der Waals surface area contributed by atoms with Gasteiger partial charge in [-0.1, -0.05) is 20.8 Å². The predicted molar refractivity (Wildman–Crippen MR) is 124 cm³/mol. The van der Waals surface area contributed by atoms with Crippen molar-refractivity contribution >= 4 is 23.9 Å². The van der Waals surface area contributed by atoms with E-state index in [1.54, 1.807) is 14.0 Å². The lowest BCUT2D eigenvalue weighted by molar-refractivity contribution is -0.134. The number of amides is 2. The molecule has 0 saturated heterocycles. The van der Waals surface area contributed by atoms with Crippen molar-refractivity contribution in [2.75, 3.05) is 33.4 Å². The highest BCUT2D eigenvalue weighted by atomic mass is 16.5. The van der Waals surface area contributed by atoms with E-state index < -0.39 is 11.2 Å². The van der Waals surface area contributed by atoms with Crippen LogP contribution in [0.5, 0.6) is 0 Å². The Bertz CT molecular complexity index is 616. The van der Waals surface area contributed by atoms with Crippen LogP contribution < -0.4 is 5.32 Å². The van der Waals surface area contributed by atoms with E-state index in [0.717, 1.165) is 6.29 Å². The lowest BCUT2D eigenvalue weighted by atomic mass is 10.0. The van der Waals surface area contributed by atoms with Crippen LogP contribution in [0.3, 0.4) is 0 Å². The zero-order valence-corrected chi connectivity index (χ0v) is 21.3. The molecule has 0 aromatic rings. The van der Waals surface area contributed by atoms with E-state index in [1.807, 2.05) is 41.5 Å². The van der Waals surface area contributed by atoms with Crippen molar-refractivity contribution in [3.05, 3.63) is 0 Å². The van der Waals surface area contributed by atoms with E-state index >= 15 is 0 Å². The van der Waals surface area contributed by atoms with Gasteiger partial charge in [-0.05, 0) is 40.5 Å². The second kappa shape index (κ2) is 14.4. The van der Waals surface area contributed by atoms with Crippen molar-refractivity contribution in [3.8, 4) is 0 Å². The third-order valence-electron chi connectivity index (χ3n) is 5.32. The first-order valence-electron chi connectivity index (χ1n) is 11.5. The van der Waals surface area contributed by atoms with Gasteiger partial charge in [0.25, 0.3) is 0 Å². The highest BCUT2D eigenvalue weighted by Gasteiger charge is 2.24. The zero-order chi connectivity index (χ0) is 24.9. The van der Waals surface area contributed by atoms with Gasteiger partial charge in [0.15, 0.2) is 5.78 Å². The molecule has 0 saturated carbocycles. The van der Waals surface area contributed by atoms with E-state index in [2.05, 4.69) is 5.32 Å². The Hall–Kier alpha value is -1.80. The zero-order valence-electron chi connectivity index (χ0n) is 21.3. The molecular formula is C24H44N2O6. The third-order valence-corrected chi connectivity index (χ3v) is 5.32. The monoisotopic (exact) mass is 456 g/mol. The van der Waals surface area contributed by atoms with Gasteiger partial charge in [0.05, 0.1) is 17.8 Å². The second-order valence-electron chi connectivity index (χ2n) is 10.0. The van der Waals surface area contributed by atoms with Gasteiger partial charge >= 0.3 is 0 Å². The average Bonchev–Trinajstić information content (AvgIpc) is 2.69. The summed E-state index contributed by atoms with van der Waals surface area (Å²) in [6.07, 6.45) is 2.40. The van der Waals surface area contributed by atoms with Crippen LogP contribution in [0.25, 0.3) is 0 Å². The summed E-state index contributed by atoms with van der Waals surface area (Å²) in [7, 11) is 1.63. The molecule has 0 radical (unpaired) electrons. The van der Waals surface area contributed by atoms with Crippen LogP contribution in [0, 0.1) is 11.8 Å². The maximum absolute atomic E-state index is 12.1. The number of Topliss-reactive ketones (excluding diaryl/α,β-unsaturated/α-hetero) is 1. The van der Waals surface area contributed by atoms with Crippen LogP contribution in [0.2, 0.25) is 0 Å². The van der Waals surface area contributed by atoms with Crippen molar-refractivity contribution in [2.24, 2.45) is 11.8 Å². The molecular weight excluding hydrogens is 412 g/mol. The Morgan fingerprint density at radius 1 is 1.00 bits per heavy atom. The molecule has 0 bridgehead atoms. The largest absolute Gasteiger partial charge is 0.375 e. The molecule has 0 aliphatic heterocycles. The summed E-state index contributed by atoms with van der Waals surface area (Å²) >= 11 is 0. The van der Waals surface area contributed by atoms with Crippen LogP contribution in [0.4, 0.5) is 0 Å². The van der Waals surface area contributed by atoms with Gasteiger partial charge < -0.3 is 24.5 Å². The Balaban J connectivity index is 4.15. The number of hydrogen-bond acceptors (Lipinski definition) is 6. The van der Waals surface area contributed by atoms with Crippen molar-refractivity contribution in [1.82, 2.24) is 10.2 Å². The summed E-state index contributed by atoms with van der Waals surface area (Å²) in [5.41, 5.74) is -0.878. The summed E-state index contributed by atoms with van der Waals surface area (Å²) in [6.45, 7) is 14.6. The number of rotatable bonds is 17. The van der Waals surface area contributed by atoms with Crippen molar-refractivity contribution in [2.45, 2.75) is 85.4 Å². The number of carbonyl (C=O) groups excluding carboxylic acids is 4. The van der Waals surface area contributed by atoms with Gasteiger partial charge in [-0.25, -0.2) is 0 Å². The molecule has 0 aromatic heterocycles. The Morgan fingerprint density at radius 3 is 2.16 bits per heavy atom. The topological polar surface area (TPSA) is 102 Å². The SMILES string of the molecule is CC(C=O)CC(=O)N(C)CCC(=O)NCCC(C)(C)OCCC(C)(C)OCC(=O)C(C)C. The van der Waals surface area contributed by atoms with Crippen LogP contribution in [-0.2, 0) is 28.7 Å². The van der Waals surface area contributed by atoms with Crippen molar-refractivity contribution in [1.29, 1.82) is 0 Å². The molecule has 0 aliphatic rings. The number of hydrogen-bond donors (Lipinski definition) is 1. The number of nitrogens with zero attached hydrogens (tertiary/aromatic N) is 1. The molecule has 0 rings (SSSR count). The highest BCUT2D eigenvalue weighted by Crippen LogP contribution is 2.19. The maximum atomic E-state index is 12.1. The number of nitrogens with one attached hydrogen (secondary N) is 1. The molecule has 2 amide bonds. The van der Waals surface area contributed by atoms with E-state index in [0.29, 0.717) is 32.5 Å². The average molecular weight is 457 g/mol.